The molecule has 0 aliphatic carbocycles. The summed E-state index contributed by atoms with van der Waals surface area (Å²) in [6.07, 6.45) is 3.84. The third kappa shape index (κ3) is 9.29. The second kappa shape index (κ2) is 17.0. The highest BCUT2D eigenvalue weighted by molar-refractivity contribution is 5.92. The fraction of sp³-hybridized carbons (Fsp3) is 0.621. The molecule has 2 heterocycles. The molecule has 1 aromatic rings. The van der Waals surface area contributed by atoms with Gasteiger partial charge in [0.1, 0.15) is 0 Å². The molecule has 0 saturated carbocycles. The minimum Gasteiger partial charge on any atom is -0.465 e. The van der Waals surface area contributed by atoms with Crippen molar-refractivity contribution in [1.82, 2.24) is 10.2 Å². The number of ether oxygens (including phenoxy) is 5. The second-order valence-corrected chi connectivity index (χ2v) is 9.61. The lowest BCUT2D eigenvalue weighted by molar-refractivity contribution is -0.168. The van der Waals surface area contributed by atoms with Crippen LogP contribution >= 0.6 is 0 Å². The van der Waals surface area contributed by atoms with E-state index in [1.165, 1.54) is 7.11 Å². The van der Waals surface area contributed by atoms with E-state index in [-0.39, 0.29) is 42.6 Å². The standard InChI is InChI=1S/C29H42N2O9/c1-3-39-29-23(11-16-37-18-19-38-17-15-32)24(21-7-9-22(10-8-21)28(35)36-2)20-25(40-29)27(34)30-12-5-14-31-13-4-6-26(31)33/h7-10,20,23-24,29,32H,3-6,11-19H2,1-2H3,(H,30,34)/t23-,24-,29-/m1/s1. The molecule has 0 spiro atoms. The molecule has 11 nitrogen and oxygen atoms in total. The highest BCUT2D eigenvalue weighted by Gasteiger charge is 2.38. The van der Waals surface area contributed by atoms with Crippen molar-refractivity contribution in [2.75, 3.05) is 66.4 Å². The lowest BCUT2D eigenvalue weighted by Gasteiger charge is -2.37. The molecule has 40 heavy (non-hydrogen) atoms. The number of hydrogen-bond donors (Lipinski definition) is 2. The highest BCUT2D eigenvalue weighted by atomic mass is 16.7. The zero-order valence-electron chi connectivity index (χ0n) is 23.5. The zero-order chi connectivity index (χ0) is 28.7. The molecule has 1 fully saturated rings. The average molecular weight is 563 g/mol. The Kier molecular flexibility index (Phi) is 13.4. The van der Waals surface area contributed by atoms with Crippen molar-refractivity contribution in [2.45, 2.75) is 44.8 Å². The van der Waals surface area contributed by atoms with Gasteiger partial charge >= 0.3 is 5.97 Å². The van der Waals surface area contributed by atoms with Gasteiger partial charge in [0, 0.05) is 51.1 Å². The zero-order valence-corrected chi connectivity index (χ0v) is 23.5. The Morgan fingerprint density at radius 1 is 1.12 bits per heavy atom. The Balaban J connectivity index is 1.71. The molecular formula is C29H42N2O9. The normalized spacial score (nSPS) is 20.7. The van der Waals surface area contributed by atoms with Crippen LogP contribution in [0, 0.1) is 5.92 Å². The lowest BCUT2D eigenvalue weighted by Crippen LogP contribution is -2.40. The number of nitrogens with zero attached hydrogens (tertiary/aromatic N) is 1. The minimum atomic E-state index is -0.683. The van der Waals surface area contributed by atoms with E-state index in [0.717, 1.165) is 18.5 Å². The number of hydrogen-bond acceptors (Lipinski definition) is 9. The molecule has 0 radical (unpaired) electrons. The molecule has 3 rings (SSSR count). The predicted octanol–water partition coefficient (Wildman–Crippen LogP) is 1.99. The molecule has 1 aromatic carbocycles. The number of nitrogens with one attached hydrogen (secondary N) is 1. The van der Waals surface area contributed by atoms with Crippen LogP contribution < -0.4 is 5.32 Å². The number of aliphatic hydroxyl groups is 1. The maximum absolute atomic E-state index is 13.1. The van der Waals surface area contributed by atoms with E-state index in [4.69, 9.17) is 28.8 Å². The van der Waals surface area contributed by atoms with E-state index in [1.807, 2.05) is 24.0 Å². The van der Waals surface area contributed by atoms with Gasteiger partial charge in [0.05, 0.1) is 39.1 Å². The first-order valence-corrected chi connectivity index (χ1v) is 14.0. The van der Waals surface area contributed by atoms with Crippen molar-refractivity contribution in [3.05, 3.63) is 47.2 Å². The summed E-state index contributed by atoms with van der Waals surface area (Å²) < 4.78 is 27.8. The van der Waals surface area contributed by atoms with Crippen molar-refractivity contribution < 1.29 is 43.2 Å². The molecule has 2 amide bonds. The quantitative estimate of drug-likeness (QED) is 0.216. The Bertz CT molecular complexity index is 982. The second-order valence-electron chi connectivity index (χ2n) is 9.61. The van der Waals surface area contributed by atoms with Gasteiger partial charge in [0.15, 0.2) is 5.76 Å². The number of likely N-dealkylation sites (tertiary alicyclic amines) is 1. The smallest absolute Gasteiger partial charge is 0.337 e. The third-order valence-electron chi connectivity index (χ3n) is 6.92. The van der Waals surface area contributed by atoms with Crippen molar-refractivity contribution in [1.29, 1.82) is 0 Å². The minimum absolute atomic E-state index is 0.0355. The van der Waals surface area contributed by atoms with Gasteiger partial charge in [-0.3, -0.25) is 9.59 Å². The molecule has 1 saturated heterocycles. The maximum Gasteiger partial charge on any atom is 0.337 e. The number of rotatable bonds is 17. The number of methoxy groups -OCH3 is 1. The van der Waals surface area contributed by atoms with E-state index < -0.39 is 12.3 Å². The summed E-state index contributed by atoms with van der Waals surface area (Å²) >= 11 is 0. The van der Waals surface area contributed by atoms with Crippen LogP contribution in [0.3, 0.4) is 0 Å². The number of aliphatic hydroxyl groups excluding tert-OH is 1. The maximum atomic E-state index is 13.1. The predicted molar refractivity (Wildman–Crippen MR) is 145 cm³/mol. The van der Waals surface area contributed by atoms with Gasteiger partial charge in [-0.25, -0.2) is 4.79 Å². The summed E-state index contributed by atoms with van der Waals surface area (Å²) in [6, 6.07) is 7.10. The number of benzene rings is 1. The summed E-state index contributed by atoms with van der Waals surface area (Å²) in [5, 5.41) is 11.7. The molecule has 0 unspecified atom stereocenters. The Hall–Kier alpha value is -2.99. The van der Waals surface area contributed by atoms with Crippen LogP contribution in [0.25, 0.3) is 0 Å². The summed E-state index contributed by atoms with van der Waals surface area (Å²) in [7, 11) is 1.34. The van der Waals surface area contributed by atoms with E-state index in [2.05, 4.69) is 5.32 Å². The number of carbonyl (C=O) groups excluding carboxylic acids is 3. The van der Waals surface area contributed by atoms with Gasteiger partial charge in [0.2, 0.25) is 12.2 Å². The Morgan fingerprint density at radius 2 is 1.88 bits per heavy atom. The Morgan fingerprint density at radius 3 is 2.52 bits per heavy atom. The van der Waals surface area contributed by atoms with E-state index in [1.54, 1.807) is 18.2 Å². The average Bonchev–Trinajstić information content (AvgIpc) is 3.39. The lowest BCUT2D eigenvalue weighted by atomic mass is 9.81. The first-order valence-electron chi connectivity index (χ1n) is 14.0. The largest absolute Gasteiger partial charge is 0.465 e. The van der Waals surface area contributed by atoms with Crippen molar-refractivity contribution in [3.8, 4) is 0 Å². The summed E-state index contributed by atoms with van der Waals surface area (Å²) in [5.41, 5.74) is 1.33. The highest BCUT2D eigenvalue weighted by Crippen LogP contribution is 2.39. The topological polar surface area (TPSA) is 133 Å². The van der Waals surface area contributed by atoms with Gasteiger partial charge in [-0.15, -0.1) is 0 Å². The van der Waals surface area contributed by atoms with Crippen LogP contribution in [0.5, 0.6) is 0 Å². The summed E-state index contributed by atoms with van der Waals surface area (Å²) in [6.45, 7) is 5.48. The molecule has 2 aliphatic heterocycles. The number of carbonyl (C=O) groups is 3. The van der Waals surface area contributed by atoms with Crippen molar-refractivity contribution in [3.63, 3.8) is 0 Å². The van der Waals surface area contributed by atoms with Gasteiger partial charge < -0.3 is 39.0 Å². The van der Waals surface area contributed by atoms with Crippen LogP contribution in [0.2, 0.25) is 0 Å². The fourth-order valence-electron chi connectivity index (χ4n) is 4.88. The molecular weight excluding hydrogens is 520 g/mol. The van der Waals surface area contributed by atoms with Crippen LogP contribution in [-0.4, -0.2) is 100 Å². The van der Waals surface area contributed by atoms with E-state index in [0.29, 0.717) is 64.3 Å². The molecule has 0 aromatic heterocycles. The van der Waals surface area contributed by atoms with Crippen LogP contribution in [-0.2, 0) is 33.3 Å². The number of allylic oxidation sites excluding steroid dienone is 1. The van der Waals surface area contributed by atoms with Crippen LogP contribution in [0.4, 0.5) is 0 Å². The molecule has 222 valence electrons. The Labute approximate surface area is 235 Å². The molecule has 2 N–H and O–H groups in total. The van der Waals surface area contributed by atoms with Crippen LogP contribution in [0.1, 0.15) is 54.4 Å². The van der Waals surface area contributed by atoms with Gasteiger partial charge in [-0.2, -0.15) is 0 Å². The summed E-state index contributed by atoms with van der Waals surface area (Å²) in [4.78, 5) is 38.7. The van der Waals surface area contributed by atoms with Crippen molar-refractivity contribution >= 4 is 17.8 Å². The molecule has 3 atom stereocenters. The first kappa shape index (κ1) is 31.5. The molecule has 0 bridgehead atoms. The van der Waals surface area contributed by atoms with Gasteiger partial charge in [0.25, 0.3) is 5.91 Å². The van der Waals surface area contributed by atoms with Crippen molar-refractivity contribution in [2.24, 2.45) is 5.92 Å². The number of esters is 1. The SMILES string of the molecule is CCO[C@@H]1OC(C(=O)NCCCN2CCCC2=O)=C[C@H](c2ccc(C(=O)OC)cc2)[C@H]1CCOCCOCCO. The number of amides is 2. The molecule has 11 heteroatoms. The monoisotopic (exact) mass is 562 g/mol. The van der Waals surface area contributed by atoms with E-state index in [9.17, 15) is 14.4 Å². The van der Waals surface area contributed by atoms with Gasteiger partial charge in [-0.1, -0.05) is 12.1 Å². The molecule has 2 aliphatic rings. The first-order chi connectivity index (χ1) is 19.5. The van der Waals surface area contributed by atoms with Gasteiger partial charge in [-0.05, 0) is 50.0 Å². The third-order valence-corrected chi connectivity index (χ3v) is 6.92. The van der Waals surface area contributed by atoms with E-state index >= 15 is 0 Å². The van der Waals surface area contributed by atoms with Crippen LogP contribution in [0.15, 0.2) is 36.1 Å². The summed E-state index contributed by atoms with van der Waals surface area (Å²) in [5.74, 6) is -0.839. The fourth-order valence-corrected chi connectivity index (χ4v) is 4.88.